The molecule has 0 aliphatic rings. The number of hydrogen-bond donors (Lipinski definition) is 0. The van der Waals surface area contributed by atoms with Gasteiger partial charge in [0, 0.05) is 94.3 Å². The number of aromatic nitrogens is 9. The van der Waals surface area contributed by atoms with Crippen molar-refractivity contribution in [3.8, 4) is 33.8 Å². The molecule has 12 rings (SSSR count). The van der Waals surface area contributed by atoms with E-state index in [1.165, 1.54) is 54.8 Å². The zero-order valence-electron chi connectivity index (χ0n) is 44.4. The van der Waals surface area contributed by atoms with E-state index in [2.05, 4.69) is 30.2 Å². The highest BCUT2D eigenvalue weighted by molar-refractivity contribution is 7.13. The SMILES string of the molecule is CC(=O)N(C)c1cccc(-c2ccnc3c(C(=O)c4cccs4)cnn23)c1.CC(=O)N(C)c1cccc(-c2ccnc3c(C(=O)c4cccs4)cnn23)c1.CC(=O)N(C)c1cccc(-c2ccnc3c(C(=O)c4cccs4)cnn23)c1. The lowest BCUT2D eigenvalue weighted by Gasteiger charge is -2.16. The highest BCUT2D eigenvalue weighted by atomic mass is 32.1. The minimum Gasteiger partial charge on any atom is -0.316 e. The molecule has 0 spiro atoms. The normalized spacial score (nSPS) is 10.9. The molecule has 21 heteroatoms. The van der Waals surface area contributed by atoms with Crippen LogP contribution >= 0.6 is 34.0 Å². The minimum absolute atomic E-state index is 0.0463. The lowest BCUT2D eigenvalue weighted by atomic mass is 10.1. The highest BCUT2D eigenvalue weighted by Gasteiger charge is 2.22. The summed E-state index contributed by atoms with van der Waals surface area (Å²) < 4.78 is 4.98. The van der Waals surface area contributed by atoms with Crippen LogP contribution in [0.15, 0.2) is 181 Å². The zero-order valence-corrected chi connectivity index (χ0v) is 46.8. The van der Waals surface area contributed by atoms with Gasteiger partial charge < -0.3 is 14.7 Å². The topological polar surface area (TPSA) is 203 Å². The number of carbonyl (C=O) groups is 6. The number of thiophene rings is 3. The third-order valence-corrected chi connectivity index (χ3v) is 15.8. The molecule has 0 saturated heterocycles. The van der Waals surface area contributed by atoms with Crippen molar-refractivity contribution in [2.45, 2.75) is 20.8 Å². The maximum absolute atomic E-state index is 12.7. The van der Waals surface area contributed by atoms with Crippen LogP contribution in [0.5, 0.6) is 0 Å². The van der Waals surface area contributed by atoms with Gasteiger partial charge in [-0.2, -0.15) is 15.3 Å². The van der Waals surface area contributed by atoms with E-state index in [4.69, 9.17) is 0 Å². The fourth-order valence-electron chi connectivity index (χ4n) is 8.60. The van der Waals surface area contributed by atoms with Gasteiger partial charge in [0.15, 0.2) is 16.9 Å². The van der Waals surface area contributed by atoms with Gasteiger partial charge in [-0.05, 0) is 88.9 Å². The summed E-state index contributed by atoms with van der Waals surface area (Å²) in [6, 6.07) is 39.3. The molecule has 81 heavy (non-hydrogen) atoms. The third-order valence-electron chi connectivity index (χ3n) is 13.2. The Kier molecular flexibility index (Phi) is 15.8. The Balaban J connectivity index is 0.000000136. The quantitative estimate of drug-likeness (QED) is 0.105. The maximum atomic E-state index is 12.7. The van der Waals surface area contributed by atoms with Crippen LogP contribution in [0, 0.1) is 0 Å². The van der Waals surface area contributed by atoms with Gasteiger partial charge >= 0.3 is 0 Å². The smallest absolute Gasteiger partial charge is 0.223 e. The van der Waals surface area contributed by atoms with Gasteiger partial charge in [0.25, 0.3) is 0 Å². The van der Waals surface area contributed by atoms with Crippen molar-refractivity contribution in [2.75, 3.05) is 35.8 Å². The van der Waals surface area contributed by atoms with E-state index >= 15 is 0 Å². The van der Waals surface area contributed by atoms with Crippen LogP contribution in [0.4, 0.5) is 17.1 Å². The number of anilines is 3. The highest BCUT2D eigenvalue weighted by Crippen LogP contribution is 2.30. The Bertz CT molecular complexity index is 3880. The Morgan fingerprint density at radius 1 is 0.383 bits per heavy atom. The second-order valence-electron chi connectivity index (χ2n) is 18.2. The molecule has 3 aromatic carbocycles. The van der Waals surface area contributed by atoms with Crippen molar-refractivity contribution in [3.63, 3.8) is 0 Å². The van der Waals surface area contributed by atoms with Crippen molar-refractivity contribution < 1.29 is 28.8 Å². The predicted molar refractivity (Wildman–Crippen MR) is 316 cm³/mol. The number of ketones is 3. The predicted octanol–water partition coefficient (Wildman–Crippen LogP) is 11.0. The molecule has 9 aromatic heterocycles. The zero-order chi connectivity index (χ0) is 56.9. The van der Waals surface area contributed by atoms with E-state index in [1.54, 1.807) is 105 Å². The summed E-state index contributed by atoms with van der Waals surface area (Å²) in [7, 11) is 5.19. The molecular weight excluding hydrogens is 1080 g/mol. The van der Waals surface area contributed by atoms with Gasteiger partial charge in [-0.3, -0.25) is 28.8 Å². The van der Waals surface area contributed by atoms with Crippen molar-refractivity contribution in [1.29, 1.82) is 0 Å². The molecule has 0 aliphatic carbocycles. The second-order valence-corrected chi connectivity index (χ2v) is 21.0. The monoisotopic (exact) mass is 1130 g/mol. The molecule has 0 fully saturated rings. The van der Waals surface area contributed by atoms with Crippen molar-refractivity contribution >= 4 is 103 Å². The van der Waals surface area contributed by atoms with E-state index in [0.29, 0.717) is 48.3 Å². The summed E-state index contributed by atoms with van der Waals surface area (Å²) >= 11 is 4.18. The van der Waals surface area contributed by atoms with Crippen LogP contribution in [0.1, 0.15) is 66.5 Å². The van der Waals surface area contributed by atoms with Crippen LogP contribution < -0.4 is 14.7 Å². The van der Waals surface area contributed by atoms with Crippen LogP contribution in [0.25, 0.3) is 50.7 Å². The van der Waals surface area contributed by atoms with Gasteiger partial charge in [-0.15, -0.1) is 34.0 Å². The third kappa shape index (κ3) is 11.2. The lowest BCUT2D eigenvalue weighted by molar-refractivity contribution is -0.117. The molecule has 0 N–H and O–H groups in total. The summed E-state index contributed by atoms with van der Waals surface area (Å²) in [5, 5.41) is 18.8. The van der Waals surface area contributed by atoms with E-state index < -0.39 is 0 Å². The van der Waals surface area contributed by atoms with Crippen molar-refractivity contribution in [3.05, 3.63) is 212 Å². The van der Waals surface area contributed by atoms with Gasteiger partial charge in [0.2, 0.25) is 35.1 Å². The van der Waals surface area contributed by atoms with Crippen LogP contribution in [-0.4, -0.2) is 100 Å². The number of hydrogen-bond acceptors (Lipinski definition) is 15. The van der Waals surface area contributed by atoms with Crippen LogP contribution in [0.3, 0.4) is 0 Å². The molecule has 0 saturated carbocycles. The van der Waals surface area contributed by atoms with E-state index in [-0.39, 0.29) is 35.1 Å². The van der Waals surface area contributed by atoms with Crippen LogP contribution in [0.2, 0.25) is 0 Å². The first kappa shape index (κ1) is 54.4. The van der Waals surface area contributed by atoms with Gasteiger partial charge in [-0.1, -0.05) is 54.6 Å². The molecule has 0 aliphatic heterocycles. The molecule has 9 heterocycles. The number of fused-ring (bicyclic) bond motifs is 3. The van der Waals surface area contributed by atoms with Gasteiger partial charge in [-0.25, -0.2) is 28.5 Å². The molecule has 18 nitrogen and oxygen atoms in total. The molecule has 0 atom stereocenters. The number of rotatable bonds is 12. The van der Waals surface area contributed by atoms with E-state index in [1.807, 2.05) is 125 Å². The molecular formula is C60H48N12O6S3. The van der Waals surface area contributed by atoms with E-state index in [9.17, 15) is 28.8 Å². The lowest BCUT2D eigenvalue weighted by Crippen LogP contribution is -2.22. The summed E-state index contributed by atoms with van der Waals surface area (Å²) in [5.74, 6) is -0.404. The standard InChI is InChI=1S/3C20H16N4O2S/c3*1-13(25)23(2)15-6-3-5-14(11-15)17-8-9-21-20-16(12-22-24(17)20)19(26)18-7-4-10-27-18/h3*3-12H,1-2H3. The van der Waals surface area contributed by atoms with Crippen LogP contribution in [-0.2, 0) is 14.4 Å². The first-order chi connectivity index (χ1) is 39.2. The first-order valence-corrected chi connectivity index (χ1v) is 27.6. The summed E-state index contributed by atoms with van der Waals surface area (Å²) in [6.45, 7) is 4.56. The summed E-state index contributed by atoms with van der Waals surface area (Å²) in [5.41, 5.74) is 10.3. The molecule has 12 aromatic rings. The number of amides is 3. The Labute approximate surface area is 475 Å². The fraction of sp³-hybridized carbons (Fsp3) is 0.100. The average Bonchev–Trinajstić information content (AvgIpc) is 4.55. The summed E-state index contributed by atoms with van der Waals surface area (Å²) in [4.78, 5) is 92.9. The Hall–Kier alpha value is -9.96. The van der Waals surface area contributed by atoms with Gasteiger partial charge in [0.05, 0.1) is 67.0 Å². The average molecular weight is 1130 g/mol. The number of nitrogens with zero attached hydrogens (tertiary/aromatic N) is 12. The van der Waals surface area contributed by atoms with Gasteiger partial charge in [0.1, 0.15) is 0 Å². The molecule has 0 unspecified atom stereocenters. The largest absolute Gasteiger partial charge is 0.316 e. The fourth-order valence-corrected chi connectivity index (χ4v) is 10.6. The van der Waals surface area contributed by atoms with E-state index in [0.717, 1.165) is 50.8 Å². The molecule has 0 bridgehead atoms. The summed E-state index contributed by atoms with van der Waals surface area (Å²) in [6.07, 6.45) is 9.66. The Morgan fingerprint density at radius 2 is 0.667 bits per heavy atom. The number of carbonyl (C=O) groups excluding carboxylic acids is 6. The maximum Gasteiger partial charge on any atom is 0.223 e. The first-order valence-electron chi connectivity index (χ1n) is 25.0. The number of benzene rings is 3. The van der Waals surface area contributed by atoms with Crippen molar-refractivity contribution in [2.24, 2.45) is 0 Å². The minimum atomic E-state index is -0.0882. The second kappa shape index (κ2) is 23.6. The van der Waals surface area contributed by atoms with Crippen molar-refractivity contribution in [1.82, 2.24) is 43.8 Å². The molecule has 0 radical (unpaired) electrons. The molecule has 402 valence electrons. The Morgan fingerprint density at radius 3 is 0.914 bits per heavy atom. The molecule has 3 amide bonds.